The van der Waals surface area contributed by atoms with Gasteiger partial charge in [0.2, 0.25) is 5.82 Å². The maximum absolute atomic E-state index is 12.3. The van der Waals surface area contributed by atoms with Crippen molar-refractivity contribution in [3.63, 3.8) is 0 Å². The van der Waals surface area contributed by atoms with E-state index in [1.54, 1.807) is 36.8 Å². The molecule has 182 valence electrons. The van der Waals surface area contributed by atoms with E-state index in [9.17, 15) is 4.79 Å². The van der Waals surface area contributed by atoms with Gasteiger partial charge < -0.3 is 9.47 Å². The maximum atomic E-state index is 12.3. The number of tetrazole rings is 1. The fourth-order valence-electron chi connectivity index (χ4n) is 3.84. The lowest BCUT2D eigenvalue weighted by atomic mass is 10.1. The van der Waals surface area contributed by atoms with Gasteiger partial charge in [-0.1, -0.05) is 63.0 Å². The number of rotatable bonds is 6. The van der Waals surface area contributed by atoms with E-state index in [1.807, 2.05) is 42.5 Å². The summed E-state index contributed by atoms with van der Waals surface area (Å²) in [6, 6.07) is 19.4. The zero-order valence-corrected chi connectivity index (χ0v) is 23.1. The van der Waals surface area contributed by atoms with E-state index < -0.39 is 0 Å². The summed E-state index contributed by atoms with van der Waals surface area (Å²) in [6.45, 7) is 0.553. The first-order valence-corrected chi connectivity index (χ1v) is 13.2. The van der Waals surface area contributed by atoms with Crippen LogP contribution < -0.4 is 0 Å². The van der Waals surface area contributed by atoms with Crippen LogP contribution in [0.15, 0.2) is 74.9 Å². The highest BCUT2D eigenvalue weighted by molar-refractivity contribution is 9.10. The predicted octanol–water partition coefficient (Wildman–Crippen LogP) is 6.79. The van der Waals surface area contributed by atoms with Crippen molar-refractivity contribution in [1.29, 1.82) is 0 Å². The predicted molar refractivity (Wildman–Crippen MR) is 147 cm³/mol. The average molecular weight is 602 g/mol. The minimum absolute atomic E-state index is 0.0339. The molecule has 0 fully saturated rings. The number of carbonyl (C=O) groups excluding carboxylic acids is 1. The molecule has 0 spiro atoms. The molecule has 0 unspecified atom stereocenters. The quantitative estimate of drug-likeness (QED) is 0.232. The number of aromatic amines is 1. The van der Waals surface area contributed by atoms with E-state index in [0.29, 0.717) is 28.0 Å². The summed E-state index contributed by atoms with van der Waals surface area (Å²) in [5.41, 5.74) is 3.50. The molecule has 1 N–H and O–H groups in total. The highest BCUT2D eigenvalue weighted by Gasteiger charge is 2.18. The Morgan fingerprint density at radius 2 is 1.81 bits per heavy atom. The molecule has 5 rings (SSSR count). The SMILES string of the molecule is CN(C)C(=O)c1ccc(Cn2c(-c3nn[nH]n3)cc3c(Br)cc(Sc4ccc(Cl)c(Cl)c4)cc32)cc1. The van der Waals surface area contributed by atoms with Crippen molar-refractivity contribution in [2.24, 2.45) is 0 Å². The van der Waals surface area contributed by atoms with Crippen LogP contribution in [0.3, 0.4) is 0 Å². The molecule has 0 saturated carbocycles. The van der Waals surface area contributed by atoms with Crippen molar-refractivity contribution in [2.75, 3.05) is 14.1 Å². The Kier molecular flexibility index (Phi) is 7.07. The van der Waals surface area contributed by atoms with Crippen LogP contribution in [0.4, 0.5) is 0 Å². The summed E-state index contributed by atoms with van der Waals surface area (Å²) < 4.78 is 3.09. The van der Waals surface area contributed by atoms with Gasteiger partial charge in [0.05, 0.1) is 21.3 Å². The van der Waals surface area contributed by atoms with Crippen LogP contribution in [-0.4, -0.2) is 50.1 Å². The molecule has 0 aliphatic heterocycles. The van der Waals surface area contributed by atoms with Gasteiger partial charge in [0.25, 0.3) is 5.91 Å². The smallest absolute Gasteiger partial charge is 0.253 e. The van der Waals surface area contributed by atoms with Crippen LogP contribution in [0, 0.1) is 0 Å². The summed E-state index contributed by atoms with van der Waals surface area (Å²) >= 11 is 17.6. The molecular formula is C25H19BrCl2N6OS. The maximum Gasteiger partial charge on any atom is 0.253 e. The Morgan fingerprint density at radius 1 is 1.03 bits per heavy atom. The van der Waals surface area contributed by atoms with Crippen LogP contribution in [0.25, 0.3) is 22.4 Å². The van der Waals surface area contributed by atoms with Crippen LogP contribution in [0.1, 0.15) is 15.9 Å². The van der Waals surface area contributed by atoms with Gasteiger partial charge in [-0.15, -0.1) is 10.2 Å². The standard InChI is InChI=1S/C25H19BrCl2N6OS/c1-33(2)25(35)15-5-3-14(4-6-15)13-34-22-11-17(36-16-7-8-20(27)21(28)10-16)9-19(26)18(22)12-23(34)24-29-31-32-30-24/h3-12H,13H2,1-2H3,(H,29,30,31,32). The number of hydrogen-bond donors (Lipinski definition) is 1. The Labute approximate surface area is 229 Å². The summed E-state index contributed by atoms with van der Waals surface area (Å²) in [6.07, 6.45) is 0. The van der Waals surface area contributed by atoms with Gasteiger partial charge in [-0.25, -0.2) is 0 Å². The zero-order chi connectivity index (χ0) is 25.4. The topological polar surface area (TPSA) is 79.7 Å². The molecule has 5 aromatic rings. The van der Waals surface area contributed by atoms with Crippen molar-refractivity contribution in [3.8, 4) is 11.5 Å². The van der Waals surface area contributed by atoms with E-state index in [2.05, 4.69) is 53.3 Å². The van der Waals surface area contributed by atoms with E-state index in [4.69, 9.17) is 23.2 Å². The number of halogens is 3. The zero-order valence-electron chi connectivity index (χ0n) is 19.2. The van der Waals surface area contributed by atoms with Crippen LogP contribution in [-0.2, 0) is 6.54 Å². The minimum Gasteiger partial charge on any atom is -0.345 e. The molecule has 3 aromatic carbocycles. The number of nitrogens with zero attached hydrogens (tertiary/aromatic N) is 5. The van der Waals surface area contributed by atoms with E-state index >= 15 is 0 Å². The molecule has 0 aliphatic rings. The van der Waals surface area contributed by atoms with E-state index in [-0.39, 0.29) is 5.91 Å². The molecule has 1 amide bonds. The second-order valence-corrected chi connectivity index (χ2v) is 11.1. The number of hydrogen-bond acceptors (Lipinski definition) is 5. The fourth-order valence-corrected chi connectivity index (χ4v) is 5.86. The van der Waals surface area contributed by atoms with Crippen LogP contribution >= 0.6 is 50.9 Å². The number of H-pyrrole nitrogens is 1. The first-order valence-electron chi connectivity index (χ1n) is 10.8. The molecule has 0 aliphatic carbocycles. The van der Waals surface area contributed by atoms with Gasteiger partial charge in [-0.2, -0.15) is 5.21 Å². The second kappa shape index (κ2) is 10.3. The van der Waals surface area contributed by atoms with Crippen molar-refractivity contribution in [3.05, 3.63) is 86.3 Å². The Bertz CT molecular complexity index is 1570. The third kappa shape index (κ3) is 5.01. The third-order valence-corrected chi connectivity index (χ3v) is 7.95. The highest BCUT2D eigenvalue weighted by Crippen LogP contribution is 2.39. The van der Waals surface area contributed by atoms with Crippen molar-refractivity contribution < 1.29 is 4.79 Å². The Hall–Kier alpha value is -2.85. The Balaban J connectivity index is 1.57. The molecule has 0 atom stereocenters. The van der Waals surface area contributed by atoms with Crippen molar-refractivity contribution in [2.45, 2.75) is 16.3 Å². The van der Waals surface area contributed by atoms with Gasteiger partial charge in [0, 0.05) is 45.9 Å². The number of aromatic nitrogens is 5. The molecule has 11 heteroatoms. The Morgan fingerprint density at radius 3 is 2.47 bits per heavy atom. The molecule has 2 aromatic heterocycles. The van der Waals surface area contributed by atoms with Gasteiger partial charge >= 0.3 is 0 Å². The first-order chi connectivity index (χ1) is 17.3. The number of carbonyl (C=O) groups is 1. The van der Waals surface area contributed by atoms with Gasteiger partial charge in [0.15, 0.2) is 0 Å². The minimum atomic E-state index is -0.0339. The fraction of sp³-hybridized carbons (Fsp3) is 0.120. The largest absolute Gasteiger partial charge is 0.345 e. The molecule has 0 saturated heterocycles. The molecule has 0 radical (unpaired) electrons. The molecular weight excluding hydrogens is 583 g/mol. The van der Waals surface area contributed by atoms with Gasteiger partial charge in [-0.3, -0.25) is 4.79 Å². The van der Waals surface area contributed by atoms with E-state index in [1.165, 1.54) is 0 Å². The summed E-state index contributed by atoms with van der Waals surface area (Å²) in [5.74, 6) is 0.463. The molecule has 2 heterocycles. The van der Waals surface area contributed by atoms with E-state index in [0.717, 1.165) is 36.4 Å². The first kappa shape index (κ1) is 24.8. The van der Waals surface area contributed by atoms with Gasteiger partial charge in [-0.05, 0) is 59.3 Å². The molecule has 7 nitrogen and oxygen atoms in total. The lowest BCUT2D eigenvalue weighted by Gasteiger charge is -2.13. The molecule has 0 bridgehead atoms. The number of nitrogens with one attached hydrogen (secondary N) is 1. The summed E-state index contributed by atoms with van der Waals surface area (Å²) in [5, 5.41) is 16.8. The van der Waals surface area contributed by atoms with Crippen molar-refractivity contribution in [1.82, 2.24) is 30.1 Å². The van der Waals surface area contributed by atoms with Crippen LogP contribution in [0.2, 0.25) is 10.0 Å². The third-order valence-electron chi connectivity index (χ3n) is 5.59. The van der Waals surface area contributed by atoms with Gasteiger partial charge in [0.1, 0.15) is 0 Å². The van der Waals surface area contributed by atoms with Crippen molar-refractivity contribution >= 4 is 67.7 Å². The summed E-state index contributed by atoms with van der Waals surface area (Å²) in [7, 11) is 3.48. The number of fused-ring (bicyclic) bond motifs is 1. The number of amides is 1. The lowest BCUT2D eigenvalue weighted by molar-refractivity contribution is 0.0827. The second-order valence-electron chi connectivity index (χ2n) is 8.26. The monoisotopic (exact) mass is 600 g/mol. The highest BCUT2D eigenvalue weighted by atomic mass is 79.9. The number of benzene rings is 3. The normalized spacial score (nSPS) is 11.2. The average Bonchev–Trinajstić information content (AvgIpc) is 3.50. The molecule has 36 heavy (non-hydrogen) atoms. The summed E-state index contributed by atoms with van der Waals surface area (Å²) in [4.78, 5) is 15.9. The van der Waals surface area contributed by atoms with Crippen LogP contribution in [0.5, 0.6) is 0 Å². The lowest BCUT2D eigenvalue weighted by Crippen LogP contribution is -2.21.